The van der Waals surface area contributed by atoms with Gasteiger partial charge >= 0.3 is 0 Å². The van der Waals surface area contributed by atoms with E-state index in [0.29, 0.717) is 11.8 Å². The maximum absolute atomic E-state index is 13.5. The van der Waals surface area contributed by atoms with Crippen LogP contribution in [-0.2, 0) is 6.42 Å². The fraction of sp³-hybridized carbons (Fsp3) is 0.571. The number of halogens is 2. The normalized spacial score (nSPS) is 17.5. The fourth-order valence-electron chi connectivity index (χ4n) is 2.44. The lowest BCUT2D eigenvalue weighted by Crippen LogP contribution is -2.45. The van der Waals surface area contributed by atoms with E-state index < -0.39 is 0 Å². The highest BCUT2D eigenvalue weighted by Crippen LogP contribution is 2.39. The molecule has 0 aromatic heterocycles. The van der Waals surface area contributed by atoms with Crippen LogP contribution in [0.3, 0.4) is 0 Å². The first kappa shape index (κ1) is 14.0. The van der Waals surface area contributed by atoms with E-state index in [1.165, 1.54) is 25.3 Å². The van der Waals surface area contributed by atoms with Crippen molar-refractivity contribution in [3.05, 3.63) is 34.1 Å². The van der Waals surface area contributed by atoms with Gasteiger partial charge in [-0.05, 0) is 61.5 Å². The highest BCUT2D eigenvalue weighted by atomic mass is 79.9. The summed E-state index contributed by atoms with van der Waals surface area (Å²) >= 11 is 3.36. The van der Waals surface area contributed by atoms with Gasteiger partial charge in [-0.25, -0.2) is 4.39 Å². The second-order valence-corrected chi connectivity index (χ2v) is 6.14. The average Bonchev–Trinajstić information content (AvgIpc) is 2.31. The summed E-state index contributed by atoms with van der Waals surface area (Å²) in [4.78, 5) is 0. The minimum absolute atomic E-state index is 0.128. The number of nitrogens with one attached hydrogen (secondary N) is 1. The second-order valence-electron chi connectivity index (χ2n) is 5.22. The first-order valence-electron chi connectivity index (χ1n) is 6.50. The van der Waals surface area contributed by atoms with Crippen molar-refractivity contribution in [1.82, 2.24) is 5.32 Å². The molecule has 1 aromatic carbocycles. The van der Waals surface area contributed by atoms with Gasteiger partial charge in [0.2, 0.25) is 0 Å². The predicted octanol–water partition coefficient (Wildman–Crippen LogP) is 2.85. The number of hydrogen-bond acceptors (Lipinski definition) is 2. The maximum Gasteiger partial charge on any atom is 0.126 e. The van der Waals surface area contributed by atoms with Crippen molar-refractivity contribution in [3.8, 4) is 0 Å². The number of rotatable bonds is 6. The smallest absolute Gasteiger partial charge is 0.126 e. The Morgan fingerprint density at radius 3 is 2.78 bits per heavy atom. The lowest BCUT2D eigenvalue weighted by molar-refractivity contribution is 0.141. The molecule has 1 saturated carbocycles. The van der Waals surface area contributed by atoms with Crippen LogP contribution in [0.4, 0.5) is 4.39 Å². The molecule has 4 heteroatoms. The largest absolute Gasteiger partial charge is 0.330 e. The van der Waals surface area contributed by atoms with Crippen molar-refractivity contribution in [1.29, 1.82) is 0 Å². The molecule has 18 heavy (non-hydrogen) atoms. The molecule has 1 aliphatic rings. The molecule has 2 nitrogen and oxygen atoms in total. The molecule has 100 valence electrons. The zero-order valence-electron chi connectivity index (χ0n) is 10.5. The predicted molar refractivity (Wildman–Crippen MR) is 76.0 cm³/mol. The Kier molecular flexibility index (Phi) is 4.76. The Balaban J connectivity index is 1.76. The quantitative estimate of drug-likeness (QED) is 0.792. The summed E-state index contributed by atoms with van der Waals surface area (Å²) in [5.41, 5.74) is 6.87. The summed E-state index contributed by atoms with van der Waals surface area (Å²) in [5, 5.41) is 3.41. The Hall–Kier alpha value is -0.450. The van der Waals surface area contributed by atoms with E-state index in [-0.39, 0.29) is 5.82 Å². The van der Waals surface area contributed by atoms with Crippen LogP contribution in [0.2, 0.25) is 0 Å². The Morgan fingerprint density at radius 1 is 1.39 bits per heavy atom. The Bertz CT molecular complexity index is 399. The van der Waals surface area contributed by atoms with Crippen LogP contribution in [0.1, 0.15) is 24.8 Å². The van der Waals surface area contributed by atoms with Gasteiger partial charge in [0.1, 0.15) is 5.82 Å². The third-order valence-electron chi connectivity index (χ3n) is 3.93. The Labute approximate surface area is 116 Å². The molecule has 0 spiro atoms. The molecular weight excluding hydrogens is 295 g/mol. The third kappa shape index (κ3) is 3.31. The highest BCUT2D eigenvalue weighted by Gasteiger charge is 2.34. The molecule has 0 amide bonds. The summed E-state index contributed by atoms with van der Waals surface area (Å²) in [6, 6.07) is 5.08. The van der Waals surface area contributed by atoms with Gasteiger partial charge in [0, 0.05) is 11.0 Å². The van der Waals surface area contributed by atoms with Gasteiger partial charge in [-0.15, -0.1) is 0 Å². The van der Waals surface area contributed by atoms with Gasteiger partial charge in [-0.3, -0.25) is 0 Å². The van der Waals surface area contributed by atoms with Gasteiger partial charge in [0.25, 0.3) is 0 Å². The standard InChI is InChI=1S/C14H20BrFN2/c15-12-2-3-13(16)11(8-12)4-7-18-10-14(9-17)5-1-6-14/h2-3,8,18H,1,4-7,9-10,17H2. The number of nitrogens with two attached hydrogens (primary N) is 1. The van der Waals surface area contributed by atoms with Crippen LogP contribution in [0.25, 0.3) is 0 Å². The van der Waals surface area contributed by atoms with Crippen molar-refractivity contribution in [2.24, 2.45) is 11.1 Å². The molecule has 0 heterocycles. The SMILES string of the molecule is NCC1(CNCCc2cc(Br)ccc2F)CCC1. The first-order valence-corrected chi connectivity index (χ1v) is 7.29. The summed E-state index contributed by atoms with van der Waals surface area (Å²) in [5.74, 6) is -0.128. The van der Waals surface area contributed by atoms with E-state index in [4.69, 9.17) is 5.73 Å². The average molecular weight is 315 g/mol. The van der Waals surface area contributed by atoms with Crippen molar-refractivity contribution in [2.75, 3.05) is 19.6 Å². The van der Waals surface area contributed by atoms with E-state index >= 15 is 0 Å². The van der Waals surface area contributed by atoms with Crippen LogP contribution in [0, 0.1) is 11.2 Å². The summed E-state index contributed by atoms with van der Waals surface area (Å²) < 4.78 is 14.4. The Morgan fingerprint density at radius 2 is 2.17 bits per heavy atom. The molecule has 0 unspecified atom stereocenters. The van der Waals surface area contributed by atoms with Crippen molar-refractivity contribution in [2.45, 2.75) is 25.7 Å². The lowest BCUT2D eigenvalue weighted by Gasteiger charge is -2.41. The summed E-state index contributed by atoms with van der Waals surface area (Å²) in [6.07, 6.45) is 4.45. The van der Waals surface area contributed by atoms with E-state index in [9.17, 15) is 4.39 Å². The summed E-state index contributed by atoms with van der Waals surface area (Å²) in [6.45, 7) is 2.51. The molecule has 0 bridgehead atoms. The second kappa shape index (κ2) is 6.13. The molecule has 0 aliphatic heterocycles. The van der Waals surface area contributed by atoms with Gasteiger partial charge in [-0.2, -0.15) is 0 Å². The molecule has 1 aliphatic carbocycles. The molecule has 0 saturated heterocycles. The molecule has 2 rings (SSSR count). The lowest BCUT2D eigenvalue weighted by atomic mass is 9.69. The molecule has 0 radical (unpaired) electrons. The molecule has 1 fully saturated rings. The fourth-order valence-corrected chi connectivity index (χ4v) is 2.85. The topological polar surface area (TPSA) is 38.0 Å². The highest BCUT2D eigenvalue weighted by molar-refractivity contribution is 9.10. The van der Waals surface area contributed by atoms with Crippen molar-refractivity contribution >= 4 is 15.9 Å². The van der Waals surface area contributed by atoms with Gasteiger partial charge in [0.05, 0.1) is 0 Å². The maximum atomic E-state index is 13.5. The summed E-state index contributed by atoms with van der Waals surface area (Å²) in [7, 11) is 0. The molecular formula is C14H20BrFN2. The molecule has 3 N–H and O–H groups in total. The van der Waals surface area contributed by atoms with Gasteiger partial charge < -0.3 is 11.1 Å². The van der Waals surface area contributed by atoms with Crippen LogP contribution in [0.5, 0.6) is 0 Å². The van der Waals surface area contributed by atoms with E-state index in [1.807, 2.05) is 6.07 Å². The van der Waals surface area contributed by atoms with Crippen LogP contribution in [0.15, 0.2) is 22.7 Å². The minimum Gasteiger partial charge on any atom is -0.330 e. The van der Waals surface area contributed by atoms with Crippen molar-refractivity contribution < 1.29 is 4.39 Å². The third-order valence-corrected chi connectivity index (χ3v) is 4.42. The number of hydrogen-bond donors (Lipinski definition) is 2. The zero-order chi connectivity index (χ0) is 13.0. The van der Waals surface area contributed by atoms with Crippen molar-refractivity contribution in [3.63, 3.8) is 0 Å². The van der Waals surface area contributed by atoms with Gasteiger partial charge in [0.15, 0.2) is 0 Å². The molecule has 0 atom stereocenters. The van der Waals surface area contributed by atoms with E-state index in [0.717, 1.165) is 29.7 Å². The van der Waals surface area contributed by atoms with E-state index in [1.54, 1.807) is 6.07 Å². The van der Waals surface area contributed by atoms with Crippen LogP contribution in [-0.4, -0.2) is 19.6 Å². The monoisotopic (exact) mass is 314 g/mol. The number of benzene rings is 1. The minimum atomic E-state index is -0.128. The van der Waals surface area contributed by atoms with Crippen LogP contribution < -0.4 is 11.1 Å². The van der Waals surface area contributed by atoms with E-state index in [2.05, 4.69) is 21.2 Å². The zero-order valence-corrected chi connectivity index (χ0v) is 12.1. The molecule has 1 aromatic rings. The first-order chi connectivity index (χ1) is 8.65. The van der Waals surface area contributed by atoms with Crippen LogP contribution >= 0.6 is 15.9 Å². The van der Waals surface area contributed by atoms with Gasteiger partial charge in [-0.1, -0.05) is 22.4 Å².